The second-order valence-electron chi connectivity index (χ2n) is 4.81. The van der Waals surface area contributed by atoms with Gasteiger partial charge in [0.2, 0.25) is 0 Å². The van der Waals surface area contributed by atoms with Crippen LogP contribution < -0.4 is 10.1 Å². The minimum Gasteiger partial charge on any atom is -0.483 e. The number of para-hydroxylation sites is 1. The van der Waals surface area contributed by atoms with Crippen molar-refractivity contribution in [3.8, 4) is 5.75 Å². The maximum atomic E-state index is 11.9. The number of amides is 1. The highest BCUT2D eigenvalue weighted by molar-refractivity contribution is 5.92. The molecule has 0 bridgehead atoms. The molecule has 0 aliphatic heterocycles. The zero-order valence-electron chi connectivity index (χ0n) is 12.1. The predicted octanol–water partition coefficient (Wildman–Crippen LogP) is 3.13. The molecule has 0 saturated carbocycles. The number of hydrogen-bond donors (Lipinski definition) is 1. The molecule has 0 unspecified atom stereocenters. The summed E-state index contributed by atoms with van der Waals surface area (Å²) < 4.78 is 5.38. The second kappa shape index (κ2) is 6.70. The van der Waals surface area contributed by atoms with E-state index in [0.29, 0.717) is 17.6 Å². The molecule has 0 atom stereocenters. The SMILES string of the molecule is Cc1ccc(NC(=O)COc2ccccc2C=O)c(C)c1. The summed E-state index contributed by atoms with van der Waals surface area (Å²) >= 11 is 0. The molecule has 108 valence electrons. The Kier molecular flexibility index (Phi) is 4.72. The van der Waals surface area contributed by atoms with Crippen LogP contribution in [0.5, 0.6) is 5.75 Å². The Morgan fingerprint density at radius 2 is 1.95 bits per heavy atom. The molecule has 0 fully saturated rings. The summed E-state index contributed by atoms with van der Waals surface area (Å²) in [6.45, 7) is 3.79. The first-order chi connectivity index (χ1) is 10.1. The number of anilines is 1. The number of aryl methyl sites for hydroxylation is 2. The highest BCUT2D eigenvalue weighted by Crippen LogP contribution is 2.17. The molecular formula is C17H17NO3. The first-order valence-electron chi connectivity index (χ1n) is 6.64. The van der Waals surface area contributed by atoms with E-state index in [4.69, 9.17) is 4.74 Å². The summed E-state index contributed by atoms with van der Waals surface area (Å²) in [6, 6.07) is 12.6. The fraction of sp³-hybridized carbons (Fsp3) is 0.176. The van der Waals surface area contributed by atoms with Crippen LogP contribution in [0.2, 0.25) is 0 Å². The van der Waals surface area contributed by atoms with E-state index < -0.39 is 0 Å². The van der Waals surface area contributed by atoms with Crippen LogP contribution in [-0.2, 0) is 4.79 Å². The van der Waals surface area contributed by atoms with Crippen molar-refractivity contribution >= 4 is 17.9 Å². The van der Waals surface area contributed by atoms with Gasteiger partial charge in [-0.15, -0.1) is 0 Å². The van der Waals surface area contributed by atoms with E-state index in [1.54, 1.807) is 24.3 Å². The summed E-state index contributed by atoms with van der Waals surface area (Å²) in [5, 5.41) is 2.79. The molecule has 2 aromatic carbocycles. The number of ether oxygens (including phenoxy) is 1. The molecule has 0 radical (unpaired) electrons. The Balaban J connectivity index is 1.97. The molecule has 2 rings (SSSR count). The molecule has 1 N–H and O–H groups in total. The third-order valence-electron chi connectivity index (χ3n) is 3.06. The van der Waals surface area contributed by atoms with Crippen molar-refractivity contribution < 1.29 is 14.3 Å². The van der Waals surface area contributed by atoms with Crippen molar-refractivity contribution in [2.75, 3.05) is 11.9 Å². The van der Waals surface area contributed by atoms with Gasteiger partial charge >= 0.3 is 0 Å². The molecule has 21 heavy (non-hydrogen) atoms. The van der Waals surface area contributed by atoms with Crippen molar-refractivity contribution in [1.29, 1.82) is 0 Å². The Morgan fingerprint density at radius 3 is 2.67 bits per heavy atom. The lowest BCUT2D eigenvalue weighted by Crippen LogP contribution is -2.21. The van der Waals surface area contributed by atoms with Gasteiger partial charge in [-0.05, 0) is 37.6 Å². The largest absolute Gasteiger partial charge is 0.483 e. The van der Waals surface area contributed by atoms with Crippen LogP contribution in [0.15, 0.2) is 42.5 Å². The Hall–Kier alpha value is -2.62. The van der Waals surface area contributed by atoms with E-state index in [-0.39, 0.29) is 12.5 Å². The summed E-state index contributed by atoms with van der Waals surface area (Å²) in [4.78, 5) is 22.8. The fourth-order valence-electron chi connectivity index (χ4n) is 1.99. The molecule has 2 aromatic rings. The maximum absolute atomic E-state index is 11.9. The van der Waals surface area contributed by atoms with Crippen molar-refractivity contribution in [3.05, 3.63) is 59.2 Å². The van der Waals surface area contributed by atoms with Gasteiger partial charge in [0.1, 0.15) is 5.75 Å². The average Bonchev–Trinajstić information content (AvgIpc) is 2.48. The van der Waals surface area contributed by atoms with Crippen molar-refractivity contribution in [1.82, 2.24) is 0 Å². The summed E-state index contributed by atoms with van der Waals surface area (Å²) in [6.07, 6.45) is 0.706. The van der Waals surface area contributed by atoms with Gasteiger partial charge in [0.25, 0.3) is 5.91 Å². The van der Waals surface area contributed by atoms with E-state index in [0.717, 1.165) is 16.8 Å². The van der Waals surface area contributed by atoms with E-state index in [1.165, 1.54) is 0 Å². The lowest BCUT2D eigenvalue weighted by atomic mass is 10.1. The normalized spacial score (nSPS) is 10.0. The first kappa shape index (κ1) is 14.8. The molecule has 4 nitrogen and oxygen atoms in total. The quantitative estimate of drug-likeness (QED) is 0.858. The number of carbonyl (C=O) groups is 2. The molecular weight excluding hydrogens is 266 g/mol. The van der Waals surface area contributed by atoms with E-state index in [2.05, 4.69) is 5.32 Å². The van der Waals surface area contributed by atoms with Crippen LogP contribution in [0.1, 0.15) is 21.5 Å². The zero-order chi connectivity index (χ0) is 15.2. The molecule has 0 aliphatic rings. The highest BCUT2D eigenvalue weighted by Gasteiger charge is 2.08. The molecule has 1 amide bonds. The lowest BCUT2D eigenvalue weighted by molar-refractivity contribution is -0.118. The second-order valence-corrected chi connectivity index (χ2v) is 4.81. The van der Waals surface area contributed by atoms with Gasteiger partial charge in [0.05, 0.1) is 5.56 Å². The minimum absolute atomic E-state index is 0.141. The van der Waals surface area contributed by atoms with Crippen LogP contribution in [0, 0.1) is 13.8 Å². The number of hydrogen-bond acceptors (Lipinski definition) is 3. The van der Waals surface area contributed by atoms with Crippen molar-refractivity contribution in [2.24, 2.45) is 0 Å². The topological polar surface area (TPSA) is 55.4 Å². The van der Waals surface area contributed by atoms with E-state index in [9.17, 15) is 9.59 Å². The van der Waals surface area contributed by atoms with Gasteiger partial charge in [-0.3, -0.25) is 9.59 Å². The number of rotatable bonds is 5. The van der Waals surface area contributed by atoms with Crippen molar-refractivity contribution in [3.63, 3.8) is 0 Å². The van der Waals surface area contributed by atoms with E-state index in [1.807, 2.05) is 32.0 Å². The van der Waals surface area contributed by atoms with Crippen molar-refractivity contribution in [2.45, 2.75) is 13.8 Å². The number of carbonyl (C=O) groups excluding carboxylic acids is 2. The van der Waals surface area contributed by atoms with Gasteiger partial charge in [-0.2, -0.15) is 0 Å². The Labute approximate surface area is 123 Å². The number of aldehydes is 1. The van der Waals surface area contributed by atoms with Crippen LogP contribution in [0.3, 0.4) is 0 Å². The Bertz CT molecular complexity index is 665. The standard InChI is InChI=1S/C17H17NO3/c1-12-7-8-15(13(2)9-12)18-17(20)11-21-16-6-4-3-5-14(16)10-19/h3-10H,11H2,1-2H3,(H,18,20). The average molecular weight is 283 g/mol. The Morgan fingerprint density at radius 1 is 1.19 bits per heavy atom. The van der Waals surface area contributed by atoms with Gasteiger partial charge in [-0.25, -0.2) is 0 Å². The molecule has 0 aromatic heterocycles. The van der Waals surface area contributed by atoms with Gasteiger partial charge in [0.15, 0.2) is 12.9 Å². The van der Waals surface area contributed by atoms with Crippen LogP contribution in [0.4, 0.5) is 5.69 Å². The fourth-order valence-corrected chi connectivity index (χ4v) is 1.99. The zero-order valence-corrected chi connectivity index (χ0v) is 12.1. The first-order valence-corrected chi connectivity index (χ1v) is 6.64. The highest BCUT2D eigenvalue weighted by atomic mass is 16.5. The third kappa shape index (κ3) is 3.92. The number of nitrogens with one attached hydrogen (secondary N) is 1. The molecule has 4 heteroatoms. The molecule has 0 saturated heterocycles. The molecule has 0 heterocycles. The van der Waals surface area contributed by atoms with E-state index >= 15 is 0 Å². The molecule has 0 spiro atoms. The minimum atomic E-state index is -0.261. The third-order valence-corrected chi connectivity index (χ3v) is 3.06. The number of benzene rings is 2. The predicted molar refractivity (Wildman–Crippen MR) is 81.9 cm³/mol. The maximum Gasteiger partial charge on any atom is 0.262 e. The monoisotopic (exact) mass is 283 g/mol. The smallest absolute Gasteiger partial charge is 0.262 e. The summed E-state index contributed by atoms with van der Waals surface area (Å²) in [5.74, 6) is 0.144. The summed E-state index contributed by atoms with van der Waals surface area (Å²) in [7, 11) is 0. The van der Waals surface area contributed by atoms with Crippen LogP contribution >= 0.6 is 0 Å². The summed E-state index contributed by atoms with van der Waals surface area (Å²) in [5.41, 5.74) is 3.33. The van der Waals surface area contributed by atoms with Gasteiger partial charge in [-0.1, -0.05) is 29.8 Å². The van der Waals surface area contributed by atoms with Gasteiger partial charge < -0.3 is 10.1 Å². The van der Waals surface area contributed by atoms with Crippen LogP contribution in [0.25, 0.3) is 0 Å². The van der Waals surface area contributed by atoms with Crippen LogP contribution in [-0.4, -0.2) is 18.8 Å². The lowest BCUT2D eigenvalue weighted by Gasteiger charge is -2.11. The molecule has 0 aliphatic carbocycles. The van der Waals surface area contributed by atoms with Gasteiger partial charge in [0, 0.05) is 5.69 Å².